The molecule has 0 spiro atoms. The van der Waals surface area contributed by atoms with Gasteiger partial charge in [-0.3, -0.25) is 14.8 Å². The largest absolute Gasteiger partial charge is 0.451 e. The molecular formula is C13H13F3N6O6S. The highest BCUT2D eigenvalue weighted by molar-refractivity contribution is 7.80. The average molecular weight is 438 g/mol. The van der Waals surface area contributed by atoms with E-state index in [-0.39, 0.29) is 24.9 Å². The highest BCUT2D eigenvalue weighted by Gasteiger charge is 2.48. The van der Waals surface area contributed by atoms with E-state index in [2.05, 4.69) is 19.6 Å². The van der Waals surface area contributed by atoms with Crippen molar-refractivity contribution in [3.05, 3.63) is 23.8 Å². The topological polar surface area (TPSA) is 166 Å². The number of aromatic nitrogens is 2. The summed E-state index contributed by atoms with van der Waals surface area (Å²) in [4.78, 5) is 31.6. The highest BCUT2D eigenvalue weighted by atomic mass is 32.3. The van der Waals surface area contributed by atoms with Gasteiger partial charge in [0.2, 0.25) is 5.82 Å². The van der Waals surface area contributed by atoms with Crippen molar-refractivity contribution in [2.45, 2.75) is 31.1 Å². The molecule has 2 aliphatic rings. The van der Waals surface area contributed by atoms with Crippen LogP contribution in [0.4, 0.5) is 18.0 Å². The number of nitrogens with zero attached hydrogens (tertiary/aromatic N) is 4. The van der Waals surface area contributed by atoms with Gasteiger partial charge in [0.05, 0.1) is 17.6 Å². The van der Waals surface area contributed by atoms with Crippen LogP contribution in [0.2, 0.25) is 0 Å². The molecular weight excluding hydrogens is 425 g/mol. The summed E-state index contributed by atoms with van der Waals surface area (Å²) in [5, 5.41) is 10.7. The fraction of sp³-hybridized carbons (Fsp3) is 0.462. The van der Waals surface area contributed by atoms with Crippen LogP contribution in [-0.2, 0) is 20.9 Å². The van der Waals surface area contributed by atoms with E-state index in [1.54, 1.807) is 0 Å². The summed E-state index contributed by atoms with van der Waals surface area (Å²) in [6.07, 6.45) is -3.09. The van der Waals surface area contributed by atoms with E-state index in [1.807, 2.05) is 0 Å². The van der Waals surface area contributed by atoms with Gasteiger partial charge < -0.3 is 10.2 Å². The molecule has 0 aromatic carbocycles. The molecule has 2 bridgehead atoms. The highest BCUT2D eigenvalue weighted by Crippen LogP contribution is 2.31. The molecule has 12 nitrogen and oxygen atoms in total. The number of amidine groups is 1. The smallest absolute Gasteiger partial charge is 0.310 e. The van der Waals surface area contributed by atoms with Gasteiger partial charge in [-0.2, -0.15) is 26.7 Å². The second-order valence-corrected chi connectivity index (χ2v) is 7.18. The fourth-order valence-electron chi connectivity index (χ4n) is 3.00. The fourth-order valence-corrected chi connectivity index (χ4v) is 3.39. The Bertz CT molecular complexity index is 953. The molecule has 2 atom stereocenters. The van der Waals surface area contributed by atoms with Crippen molar-refractivity contribution < 1.29 is 40.0 Å². The standard InChI is InChI=1S/C13H13F3N6O6S/c14-13(15,16)11-18-3-6(4-19-11)10(23)20-9(17)8-2-1-7-5-21(8)12(24)22(7)28-29(25,26)27/h3-4,7-8H,1-2,5H2,(H2,17,20,23)(H,25,26,27). The second-order valence-electron chi connectivity index (χ2n) is 6.17. The minimum Gasteiger partial charge on any atom is -0.310 e. The molecule has 16 heteroatoms. The van der Waals surface area contributed by atoms with E-state index < -0.39 is 52.3 Å². The third-order valence-corrected chi connectivity index (χ3v) is 4.60. The predicted octanol–water partition coefficient (Wildman–Crippen LogP) is 0.205. The maximum atomic E-state index is 12.5. The molecule has 2 unspecified atom stereocenters. The van der Waals surface area contributed by atoms with Crippen molar-refractivity contribution in [2.24, 2.45) is 0 Å². The number of carbonyl (C=O) groups excluding carboxylic acids is 2. The van der Waals surface area contributed by atoms with Crippen molar-refractivity contribution in [3.63, 3.8) is 0 Å². The molecule has 0 saturated carbocycles. The number of amides is 3. The zero-order valence-electron chi connectivity index (χ0n) is 14.3. The van der Waals surface area contributed by atoms with Crippen molar-refractivity contribution in [2.75, 3.05) is 6.54 Å². The number of alkyl halides is 3. The number of hydroxylamine groups is 2. The summed E-state index contributed by atoms with van der Waals surface area (Å²) in [7, 11) is -4.92. The monoisotopic (exact) mass is 438 g/mol. The second kappa shape index (κ2) is 7.20. The predicted molar refractivity (Wildman–Crippen MR) is 85.6 cm³/mol. The van der Waals surface area contributed by atoms with Gasteiger partial charge in [0, 0.05) is 18.9 Å². The molecule has 3 amide bonds. The van der Waals surface area contributed by atoms with Gasteiger partial charge in [-0.05, 0) is 12.8 Å². The van der Waals surface area contributed by atoms with E-state index >= 15 is 0 Å². The summed E-state index contributed by atoms with van der Waals surface area (Å²) < 4.78 is 72.1. The molecule has 29 heavy (non-hydrogen) atoms. The summed E-state index contributed by atoms with van der Waals surface area (Å²) >= 11 is 0. The van der Waals surface area contributed by atoms with Gasteiger partial charge in [0.25, 0.3) is 5.91 Å². The van der Waals surface area contributed by atoms with Crippen LogP contribution in [0.5, 0.6) is 0 Å². The van der Waals surface area contributed by atoms with Crippen LogP contribution in [0.15, 0.2) is 12.4 Å². The van der Waals surface area contributed by atoms with E-state index in [0.29, 0.717) is 17.5 Å². The minimum absolute atomic E-state index is 0.0132. The number of rotatable bonds is 4. The molecule has 2 saturated heterocycles. The first-order valence-electron chi connectivity index (χ1n) is 7.92. The lowest BCUT2D eigenvalue weighted by Gasteiger charge is -2.30. The molecule has 3 rings (SSSR count). The molecule has 1 aromatic heterocycles. The van der Waals surface area contributed by atoms with Gasteiger partial charge in [0.15, 0.2) is 0 Å². The van der Waals surface area contributed by atoms with Crippen LogP contribution < -0.4 is 5.32 Å². The number of hydrogen-bond donors (Lipinski definition) is 3. The SMILES string of the molecule is N=C(NC(=O)c1cnc(C(F)(F)F)nc1)C1CCC2CN1C(=O)N2OS(=O)(=O)O. The summed E-state index contributed by atoms with van der Waals surface area (Å²) in [6.45, 7) is -0.0132. The van der Waals surface area contributed by atoms with Crippen LogP contribution >= 0.6 is 0 Å². The van der Waals surface area contributed by atoms with Gasteiger partial charge in [-0.25, -0.2) is 14.8 Å². The molecule has 2 fully saturated rings. The Morgan fingerprint density at radius 2 is 1.93 bits per heavy atom. The van der Waals surface area contributed by atoms with E-state index in [4.69, 9.17) is 9.96 Å². The van der Waals surface area contributed by atoms with Crippen LogP contribution in [0.25, 0.3) is 0 Å². The lowest BCUT2D eigenvalue weighted by atomic mass is 10.00. The first-order valence-corrected chi connectivity index (χ1v) is 9.29. The maximum absolute atomic E-state index is 12.5. The van der Waals surface area contributed by atoms with Crippen molar-refractivity contribution >= 4 is 28.2 Å². The summed E-state index contributed by atoms with van der Waals surface area (Å²) in [6, 6.07) is -2.53. The van der Waals surface area contributed by atoms with Gasteiger partial charge >= 0.3 is 22.6 Å². The van der Waals surface area contributed by atoms with Crippen LogP contribution in [0.3, 0.4) is 0 Å². The third-order valence-electron chi connectivity index (χ3n) is 4.25. The number of urea groups is 1. The molecule has 3 N–H and O–H groups in total. The molecule has 0 radical (unpaired) electrons. The van der Waals surface area contributed by atoms with E-state index in [9.17, 15) is 31.2 Å². The van der Waals surface area contributed by atoms with E-state index in [1.165, 1.54) is 0 Å². The van der Waals surface area contributed by atoms with Crippen LogP contribution in [0.1, 0.15) is 29.0 Å². The van der Waals surface area contributed by atoms with Crippen LogP contribution in [-0.4, -0.2) is 69.3 Å². The number of nitrogens with one attached hydrogen (secondary N) is 2. The maximum Gasteiger partial charge on any atom is 0.451 e. The van der Waals surface area contributed by atoms with Crippen LogP contribution in [0, 0.1) is 5.41 Å². The third kappa shape index (κ3) is 4.43. The number of halogens is 3. The molecule has 1 aromatic rings. The Hall–Kier alpha value is -2.85. The van der Waals surface area contributed by atoms with Crippen molar-refractivity contribution in [1.29, 1.82) is 5.41 Å². The summed E-state index contributed by atoms with van der Waals surface area (Å²) in [5.41, 5.74) is -0.333. The average Bonchev–Trinajstić information content (AvgIpc) is 2.84. The quantitative estimate of drug-likeness (QED) is 0.341. The first-order chi connectivity index (χ1) is 13.4. The Morgan fingerprint density at radius 3 is 2.48 bits per heavy atom. The Kier molecular flexibility index (Phi) is 5.18. The molecule has 3 heterocycles. The zero-order chi connectivity index (χ0) is 21.6. The Labute approximate surface area is 161 Å². The number of piperidine rings is 1. The Morgan fingerprint density at radius 1 is 1.31 bits per heavy atom. The first kappa shape index (κ1) is 20.9. The van der Waals surface area contributed by atoms with E-state index in [0.717, 1.165) is 4.90 Å². The molecule has 2 aliphatic heterocycles. The lowest BCUT2D eigenvalue weighted by Crippen LogP contribution is -2.50. The number of hydrogen-bond acceptors (Lipinski definition) is 8. The number of carbonyl (C=O) groups is 2. The van der Waals surface area contributed by atoms with Crippen molar-refractivity contribution in [1.82, 2.24) is 25.2 Å². The van der Waals surface area contributed by atoms with Gasteiger partial charge in [-0.15, -0.1) is 4.28 Å². The molecule has 158 valence electrons. The zero-order valence-corrected chi connectivity index (χ0v) is 15.1. The van der Waals surface area contributed by atoms with Crippen molar-refractivity contribution in [3.8, 4) is 0 Å². The minimum atomic E-state index is -4.92. The summed E-state index contributed by atoms with van der Waals surface area (Å²) in [5.74, 6) is -2.82. The molecule has 0 aliphatic carbocycles. The number of fused-ring (bicyclic) bond motifs is 2. The van der Waals surface area contributed by atoms with Gasteiger partial charge in [-0.1, -0.05) is 0 Å². The normalized spacial score (nSPS) is 22.0. The Balaban J connectivity index is 1.67. The lowest BCUT2D eigenvalue weighted by molar-refractivity contribution is -0.145. The van der Waals surface area contributed by atoms with Gasteiger partial charge in [0.1, 0.15) is 5.84 Å².